The van der Waals surface area contributed by atoms with E-state index in [4.69, 9.17) is 12.2 Å². The Labute approximate surface area is 146 Å². The van der Waals surface area contributed by atoms with E-state index >= 15 is 0 Å². The van der Waals surface area contributed by atoms with Gasteiger partial charge in [0, 0.05) is 16.7 Å². The predicted molar refractivity (Wildman–Crippen MR) is 103 cm³/mol. The van der Waals surface area contributed by atoms with Crippen LogP contribution in [0.25, 0.3) is 0 Å². The topological polar surface area (TPSA) is 24.1 Å². The first-order chi connectivity index (χ1) is 10.5. The zero-order valence-corrected chi connectivity index (χ0v) is 15.4. The predicted octanol–water partition coefficient (Wildman–Crippen LogP) is 4.99. The molecule has 0 atom stereocenters. The first-order valence-corrected chi connectivity index (χ1v) is 8.61. The molecule has 0 unspecified atom stereocenters. The number of thiocarbonyl (C=S) groups is 1. The van der Waals surface area contributed by atoms with Gasteiger partial charge in [-0.15, -0.1) is 0 Å². The minimum absolute atomic E-state index is 0.672. The molecule has 4 heteroatoms. The molecule has 0 spiro atoms. The highest BCUT2D eigenvalue weighted by Crippen LogP contribution is 2.19. The van der Waals surface area contributed by atoms with Gasteiger partial charge in [0.15, 0.2) is 5.11 Å². The van der Waals surface area contributed by atoms with Crippen molar-refractivity contribution in [3.63, 3.8) is 0 Å². The van der Waals surface area contributed by atoms with E-state index < -0.39 is 0 Å². The summed E-state index contributed by atoms with van der Waals surface area (Å²) in [5, 5.41) is 7.15. The van der Waals surface area contributed by atoms with Gasteiger partial charge in [-0.05, 0) is 68.2 Å². The maximum atomic E-state index is 5.33. The van der Waals surface area contributed by atoms with Crippen molar-refractivity contribution >= 4 is 38.9 Å². The van der Waals surface area contributed by atoms with Gasteiger partial charge < -0.3 is 10.6 Å². The monoisotopic (exact) mass is 376 g/mol. The van der Waals surface area contributed by atoms with Gasteiger partial charge in [-0.2, -0.15) is 0 Å². The molecule has 0 bridgehead atoms. The van der Waals surface area contributed by atoms with Gasteiger partial charge in [-0.25, -0.2) is 0 Å². The van der Waals surface area contributed by atoms with Crippen LogP contribution in [0.5, 0.6) is 0 Å². The van der Waals surface area contributed by atoms with E-state index in [0.29, 0.717) is 5.11 Å². The summed E-state index contributed by atoms with van der Waals surface area (Å²) in [6, 6.07) is 14.8. The lowest BCUT2D eigenvalue weighted by atomic mass is 10.1. The van der Waals surface area contributed by atoms with Crippen LogP contribution in [-0.4, -0.2) is 11.7 Å². The smallest absolute Gasteiger partial charge is 0.170 e. The number of hydrogen-bond acceptors (Lipinski definition) is 1. The Hall–Kier alpha value is -1.39. The average molecular weight is 377 g/mol. The summed E-state index contributed by atoms with van der Waals surface area (Å²) in [7, 11) is 0. The minimum Gasteiger partial charge on any atom is -0.362 e. The van der Waals surface area contributed by atoms with Crippen molar-refractivity contribution < 1.29 is 0 Å². The first-order valence-electron chi connectivity index (χ1n) is 7.41. The van der Waals surface area contributed by atoms with Crippen LogP contribution in [0.1, 0.15) is 23.1 Å². The zero-order valence-electron chi connectivity index (χ0n) is 12.9. The van der Waals surface area contributed by atoms with E-state index in [9.17, 15) is 0 Å². The summed E-state index contributed by atoms with van der Waals surface area (Å²) in [5.74, 6) is 0. The lowest BCUT2D eigenvalue weighted by Crippen LogP contribution is -2.29. The molecule has 0 saturated carbocycles. The zero-order chi connectivity index (χ0) is 15.9. The number of benzene rings is 2. The Morgan fingerprint density at radius 2 is 1.95 bits per heavy atom. The molecule has 0 aliphatic carbocycles. The molecule has 2 aromatic rings. The second-order valence-electron chi connectivity index (χ2n) is 5.44. The van der Waals surface area contributed by atoms with Crippen molar-refractivity contribution in [2.75, 3.05) is 11.9 Å². The van der Waals surface area contributed by atoms with Crippen molar-refractivity contribution in [2.45, 2.75) is 26.7 Å². The first kappa shape index (κ1) is 17.0. The van der Waals surface area contributed by atoms with Gasteiger partial charge in [0.2, 0.25) is 0 Å². The number of rotatable bonds is 5. The van der Waals surface area contributed by atoms with Gasteiger partial charge >= 0.3 is 0 Å². The quantitative estimate of drug-likeness (QED) is 0.567. The van der Waals surface area contributed by atoms with Gasteiger partial charge in [0.25, 0.3) is 0 Å². The third-order valence-electron chi connectivity index (χ3n) is 3.43. The highest BCUT2D eigenvalue weighted by molar-refractivity contribution is 9.10. The molecule has 0 saturated heterocycles. The molecule has 0 fully saturated rings. The summed E-state index contributed by atoms with van der Waals surface area (Å²) < 4.78 is 1.11. The largest absolute Gasteiger partial charge is 0.362 e. The normalized spacial score (nSPS) is 10.3. The average Bonchev–Trinajstić information content (AvgIpc) is 2.48. The van der Waals surface area contributed by atoms with Crippen LogP contribution in [0.15, 0.2) is 46.9 Å². The second kappa shape index (κ2) is 8.30. The lowest BCUT2D eigenvalue weighted by Gasteiger charge is -2.11. The van der Waals surface area contributed by atoms with E-state index in [0.717, 1.165) is 29.5 Å². The Bertz CT molecular complexity index is 655. The molecule has 2 aromatic carbocycles. The fourth-order valence-corrected chi connectivity index (χ4v) is 2.73. The van der Waals surface area contributed by atoms with E-state index in [1.54, 1.807) is 0 Å². The number of aryl methyl sites for hydroxylation is 3. The van der Waals surface area contributed by atoms with E-state index in [2.05, 4.69) is 70.7 Å². The van der Waals surface area contributed by atoms with Crippen LogP contribution >= 0.6 is 28.1 Å². The molecule has 2 nitrogen and oxygen atoms in total. The SMILES string of the molecule is Cc1cccc(CCCNC(=S)Nc2ccc(Br)c(C)c2)c1. The molecule has 0 heterocycles. The number of nitrogens with one attached hydrogen (secondary N) is 2. The van der Waals surface area contributed by atoms with Crippen LogP contribution in [0.2, 0.25) is 0 Å². The van der Waals surface area contributed by atoms with Crippen molar-refractivity contribution in [3.05, 3.63) is 63.6 Å². The Balaban J connectivity index is 1.72. The highest BCUT2D eigenvalue weighted by atomic mass is 79.9. The molecule has 2 N–H and O–H groups in total. The van der Waals surface area contributed by atoms with Crippen molar-refractivity contribution in [1.82, 2.24) is 5.32 Å². The summed E-state index contributed by atoms with van der Waals surface area (Å²) in [6.45, 7) is 5.06. The Morgan fingerprint density at radius 1 is 1.14 bits per heavy atom. The standard InChI is InChI=1S/C18H21BrN2S/c1-13-5-3-6-15(11-13)7-4-10-20-18(22)21-16-8-9-17(19)14(2)12-16/h3,5-6,8-9,11-12H,4,7,10H2,1-2H3,(H2,20,21,22). The third-order valence-corrected chi connectivity index (χ3v) is 4.56. The lowest BCUT2D eigenvalue weighted by molar-refractivity contribution is 0.777. The second-order valence-corrected chi connectivity index (χ2v) is 6.70. The van der Waals surface area contributed by atoms with Crippen molar-refractivity contribution in [1.29, 1.82) is 0 Å². The molecule has 0 aliphatic rings. The third kappa shape index (κ3) is 5.43. The van der Waals surface area contributed by atoms with Crippen LogP contribution in [-0.2, 0) is 6.42 Å². The fraction of sp³-hybridized carbons (Fsp3) is 0.278. The van der Waals surface area contributed by atoms with Gasteiger partial charge in [0.05, 0.1) is 0 Å². The highest BCUT2D eigenvalue weighted by Gasteiger charge is 2.00. The molecular weight excluding hydrogens is 356 g/mol. The molecular formula is C18H21BrN2S. The number of hydrogen-bond donors (Lipinski definition) is 2. The maximum Gasteiger partial charge on any atom is 0.170 e. The number of halogens is 1. The Morgan fingerprint density at radius 3 is 2.68 bits per heavy atom. The van der Waals surface area contributed by atoms with E-state index in [-0.39, 0.29) is 0 Å². The molecule has 0 aromatic heterocycles. The molecule has 0 radical (unpaired) electrons. The number of anilines is 1. The fourth-order valence-electron chi connectivity index (χ4n) is 2.26. The summed E-state index contributed by atoms with van der Waals surface area (Å²) >= 11 is 8.83. The summed E-state index contributed by atoms with van der Waals surface area (Å²) in [5.41, 5.74) is 4.89. The van der Waals surface area contributed by atoms with Crippen LogP contribution < -0.4 is 10.6 Å². The molecule has 2 rings (SSSR count). The molecule has 116 valence electrons. The van der Waals surface area contributed by atoms with E-state index in [1.165, 1.54) is 16.7 Å². The minimum atomic E-state index is 0.672. The molecule has 0 aliphatic heterocycles. The van der Waals surface area contributed by atoms with E-state index in [1.807, 2.05) is 12.1 Å². The van der Waals surface area contributed by atoms with Crippen LogP contribution in [0.4, 0.5) is 5.69 Å². The van der Waals surface area contributed by atoms with Gasteiger partial charge in [0.1, 0.15) is 0 Å². The Kier molecular flexibility index (Phi) is 6.40. The van der Waals surface area contributed by atoms with Crippen molar-refractivity contribution in [3.8, 4) is 0 Å². The van der Waals surface area contributed by atoms with Gasteiger partial charge in [-0.3, -0.25) is 0 Å². The van der Waals surface area contributed by atoms with Crippen molar-refractivity contribution in [2.24, 2.45) is 0 Å². The maximum absolute atomic E-state index is 5.33. The van der Waals surface area contributed by atoms with Crippen LogP contribution in [0.3, 0.4) is 0 Å². The summed E-state index contributed by atoms with van der Waals surface area (Å²) in [6.07, 6.45) is 2.12. The van der Waals surface area contributed by atoms with Gasteiger partial charge in [-0.1, -0.05) is 45.8 Å². The van der Waals surface area contributed by atoms with Crippen LogP contribution in [0, 0.1) is 13.8 Å². The summed E-state index contributed by atoms with van der Waals surface area (Å²) in [4.78, 5) is 0. The molecule has 0 amide bonds. The molecule has 22 heavy (non-hydrogen) atoms.